The highest BCUT2D eigenvalue weighted by molar-refractivity contribution is 5.53. The molecule has 1 aromatic heterocycles. The second kappa shape index (κ2) is 3.19. The Kier molecular flexibility index (Phi) is 2.26. The number of nitrogens with zero attached hydrogens (tertiary/aromatic N) is 1. The predicted molar refractivity (Wildman–Crippen MR) is 45.2 cm³/mol. The summed E-state index contributed by atoms with van der Waals surface area (Å²) in [6.45, 7) is 9.49. The summed E-state index contributed by atoms with van der Waals surface area (Å²) in [6, 6.07) is 0. The van der Waals surface area contributed by atoms with E-state index >= 15 is 0 Å². The fourth-order valence-corrected chi connectivity index (χ4v) is 0.922. The van der Waals surface area contributed by atoms with E-state index in [1.54, 1.807) is 12.3 Å². The van der Waals surface area contributed by atoms with Gasteiger partial charge in [0.05, 0.1) is 6.20 Å². The van der Waals surface area contributed by atoms with Gasteiger partial charge in [0.15, 0.2) is 5.42 Å². The largest absolute Gasteiger partial charge is 0.356 e. The van der Waals surface area contributed by atoms with E-state index in [0.29, 0.717) is 0 Å². The van der Waals surface area contributed by atoms with Crippen LogP contribution in [-0.2, 0) is 0 Å². The smallest absolute Gasteiger partial charge is 0.169 e. The Morgan fingerprint density at radius 3 is 2.91 bits per heavy atom. The summed E-state index contributed by atoms with van der Waals surface area (Å²) in [5.41, 5.74) is 1.80. The molecule has 2 heteroatoms. The zero-order valence-corrected chi connectivity index (χ0v) is 6.63. The Morgan fingerprint density at radius 2 is 2.55 bits per heavy atom. The summed E-state index contributed by atoms with van der Waals surface area (Å²) in [6.07, 6.45) is 4.27. The van der Waals surface area contributed by atoms with Crippen LogP contribution in [-0.4, -0.2) is 5.16 Å². The summed E-state index contributed by atoms with van der Waals surface area (Å²) in [5.74, 6) is 0. The second-order valence-corrected chi connectivity index (χ2v) is 2.26. The summed E-state index contributed by atoms with van der Waals surface area (Å²) in [7, 11) is 0. The van der Waals surface area contributed by atoms with Crippen molar-refractivity contribution in [3.05, 3.63) is 29.5 Å². The highest BCUT2D eigenvalue weighted by Crippen LogP contribution is 1.97. The van der Waals surface area contributed by atoms with Crippen LogP contribution in [0.15, 0.2) is 23.4 Å². The van der Waals surface area contributed by atoms with E-state index in [1.165, 1.54) is 0 Å². The van der Waals surface area contributed by atoms with Crippen molar-refractivity contribution in [3.63, 3.8) is 0 Å². The lowest BCUT2D eigenvalue weighted by atomic mass is 10.2. The van der Waals surface area contributed by atoms with E-state index in [1.807, 2.05) is 6.92 Å². The highest BCUT2D eigenvalue weighted by Gasteiger charge is 1.94. The van der Waals surface area contributed by atoms with Gasteiger partial charge in [0.1, 0.15) is 0 Å². The molecule has 1 heterocycles. The van der Waals surface area contributed by atoms with Crippen LogP contribution in [0.2, 0.25) is 0 Å². The average Bonchev–Trinajstić information content (AvgIpc) is 2.40. The topological polar surface area (TPSA) is 26.0 Å². The monoisotopic (exact) mass is 149 g/mol. The van der Waals surface area contributed by atoms with Gasteiger partial charge in [-0.1, -0.05) is 31.3 Å². The highest BCUT2D eigenvalue weighted by atomic mass is 16.5. The van der Waals surface area contributed by atoms with Gasteiger partial charge in [-0.15, -0.1) is 0 Å². The molecule has 0 aliphatic heterocycles. The second-order valence-electron chi connectivity index (χ2n) is 2.26. The van der Waals surface area contributed by atoms with Crippen molar-refractivity contribution in [1.82, 2.24) is 5.16 Å². The molecule has 0 aromatic carbocycles. The lowest BCUT2D eigenvalue weighted by Gasteiger charge is -1.89. The molecule has 0 amide bonds. The first kappa shape index (κ1) is 7.79. The van der Waals surface area contributed by atoms with Crippen molar-refractivity contribution in [3.8, 4) is 0 Å². The van der Waals surface area contributed by atoms with Gasteiger partial charge in [0, 0.05) is 5.22 Å². The molecule has 0 atom stereocenters. The maximum atomic E-state index is 4.99. The minimum absolute atomic E-state index is 0.752. The van der Waals surface area contributed by atoms with Crippen molar-refractivity contribution in [2.75, 3.05) is 0 Å². The van der Waals surface area contributed by atoms with Crippen LogP contribution in [0.4, 0.5) is 0 Å². The molecule has 0 bridgehead atoms. The van der Waals surface area contributed by atoms with Crippen LogP contribution >= 0.6 is 0 Å². The number of aromatic nitrogens is 1. The number of allylic oxidation sites excluding steroid dienone is 1. The summed E-state index contributed by atoms with van der Waals surface area (Å²) in [5, 5.41) is 4.45. The van der Waals surface area contributed by atoms with Gasteiger partial charge < -0.3 is 4.52 Å². The molecular weight excluding hydrogens is 138 g/mol. The zero-order valence-electron chi connectivity index (χ0n) is 6.63. The molecule has 1 aromatic rings. The molecule has 0 radical (unpaired) electrons. The van der Waals surface area contributed by atoms with E-state index in [0.717, 1.165) is 22.6 Å². The maximum Gasteiger partial charge on any atom is 0.169 e. The van der Waals surface area contributed by atoms with E-state index in [9.17, 15) is 0 Å². The number of hydrogen-bond donors (Lipinski definition) is 0. The van der Waals surface area contributed by atoms with E-state index in [-0.39, 0.29) is 0 Å². The maximum absolute atomic E-state index is 4.99. The molecule has 2 nitrogen and oxygen atoms in total. The van der Waals surface area contributed by atoms with Crippen molar-refractivity contribution in [1.29, 1.82) is 0 Å². The van der Waals surface area contributed by atoms with Crippen LogP contribution in [0.1, 0.15) is 13.3 Å². The van der Waals surface area contributed by atoms with Crippen molar-refractivity contribution >= 4 is 12.2 Å². The third kappa shape index (κ3) is 1.40. The molecule has 0 saturated carbocycles. The van der Waals surface area contributed by atoms with Gasteiger partial charge in [0.25, 0.3) is 0 Å². The van der Waals surface area contributed by atoms with Crippen molar-refractivity contribution in [2.24, 2.45) is 0 Å². The first-order chi connectivity index (χ1) is 5.29. The molecule has 0 spiro atoms. The van der Waals surface area contributed by atoms with E-state index in [2.05, 4.69) is 18.3 Å². The molecule has 0 N–H and O–H groups in total. The van der Waals surface area contributed by atoms with Crippen LogP contribution in [0, 0.1) is 0 Å². The zero-order chi connectivity index (χ0) is 8.27. The summed E-state index contributed by atoms with van der Waals surface area (Å²) < 4.78 is 4.99. The predicted octanol–water partition coefficient (Wildman–Crippen LogP) is 0.832. The van der Waals surface area contributed by atoms with Crippen LogP contribution in [0.5, 0.6) is 0 Å². The van der Waals surface area contributed by atoms with Gasteiger partial charge in [-0.05, 0) is 12.0 Å². The molecular formula is C9H11NO. The Bertz CT molecular complexity index is 348. The minimum Gasteiger partial charge on any atom is -0.356 e. The van der Waals surface area contributed by atoms with Crippen molar-refractivity contribution < 1.29 is 4.52 Å². The van der Waals surface area contributed by atoms with Gasteiger partial charge in [-0.25, -0.2) is 0 Å². The summed E-state index contributed by atoms with van der Waals surface area (Å²) >= 11 is 0. The van der Waals surface area contributed by atoms with Gasteiger partial charge in [-0.3, -0.25) is 0 Å². The minimum atomic E-state index is 0.752. The van der Waals surface area contributed by atoms with Crippen LogP contribution in [0.3, 0.4) is 0 Å². The van der Waals surface area contributed by atoms with Gasteiger partial charge in [-0.2, -0.15) is 0 Å². The molecule has 0 aliphatic carbocycles. The number of rotatable bonds is 2. The molecule has 0 fully saturated rings. The Labute approximate surface area is 65.5 Å². The van der Waals surface area contributed by atoms with Crippen LogP contribution in [0.25, 0.3) is 12.2 Å². The Hall–Kier alpha value is -1.31. The molecule has 0 aliphatic rings. The lowest BCUT2D eigenvalue weighted by Crippen LogP contribution is -2.19. The normalized spacial score (nSPS) is 12.8. The molecule has 0 saturated heterocycles. The Balaban J connectivity index is 3.46. The lowest BCUT2D eigenvalue weighted by molar-refractivity contribution is 0.391. The third-order valence-corrected chi connectivity index (χ3v) is 1.56. The fraction of sp³-hybridized carbons (Fsp3) is 0.222. The fourth-order valence-electron chi connectivity index (χ4n) is 0.922. The van der Waals surface area contributed by atoms with Crippen LogP contribution < -0.4 is 10.6 Å². The van der Waals surface area contributed by atoms with Gasteiger partial charge >= 0.3 is 0 Å². The molecule has 1 rings (SSSR count). The van der Waals surface area contributed by atoms with E-state index < -0.39 is 0 Å². The Morgan fingerprint density at radius 1 is 1.82 bits per heavy atom. The molecule has 11 heavy (non-hydrogen) atoms. The first-order valence-electron chi connectivity index (χ1n) is 3.54. The molecule has 58 valence electrons. The molecule has 0 unspecified atom stereocenters. The first-order valence-corrected chi connectivity index (χ1v) is 3.54. The van der Waals surface area contributed by atoms with E-state index in [4.69, 9.17) is 4.52 Å². The third-order valence-electron chi connectivity index (χ3n) is 1.56. The SMILES string of the molecule is C=C/C(CC)=c1/oncc1=C. The van der Waals surface area contributed by atoms with Gasteiger partial charge in [0.2, 0.25) is 0 Å². The standard InChI is InChI=1S/C9H11NO/c1-4-8(5-2)9-7(3)6-10-11-9/h4,6H,1,3,5H2,2H3/b9-8-. The number of hydrogen-bond acceptors (Lipinski definition) is 2. The quantitative estimate of drug-likeness (QED) is 0.622. The summed E-state index contributed by atoms with van der Waals surface area (Å²) in [4.78, 5) is 0. The average molecular weight is 149 g/mol. The van der Waals surface area contributed by atoms with Crippen molar-refractivity contribution in [2.45, 2.75) is 13.3 Å².